The number of anilines is 8. The van der Waals surface area contributed by atoms with Crippen molar-refractivity contribution in [3.63, 3.8) is 0 Å². The van der Waals surface area contributed by atoms with Crippen LogP contribution >= 0.6 is 70.4 Å². The number of nitrogens with two attached hydrogens (primary N) is 1. The first-order valence-corrected chi connectivity index (χ1v) is 35.2. The van der Waals surface area contributed by atoms with Gasteiger partial charge in [-0.15, -0.1) is 12.4 Å². The van der Waals surface area contributed by atoms with E-state index in [2.05, 4.69) is 56.6 Å². The first-order valence-electron chi connectivity index (χ1n) is 33.3. The minimum atomic E-state index is -0.661. The average Bonchev–Trinajstić information content (AvgIpc) is 1.35. The number of nitrogen functional groups attached to an aromatic ring is 1. The van der Waals surface area contributed by atoms with E-state index in [1.807, 2.05) is 59.3 Å². The van der Waals surface area contributed by atoms with E-state index in [1.54, 1.807) is 143 Å². The Morgan fingerprint density at radius 1 is 0.491 bits per heavy atom. The molecule has 0 saturated heterocycles. The molecule has 0 fully saturated rings. The molecule has 572 valence electrons. The lowest BCUT2D eigenvalue weighted by atomic mass is 10.1. The topological polar surface area (TPSA) is 288 Å². The number of allylic oxidation sites excluding steroid dienone is 1. The van der Waals surface area contributed by atoms with Crippen molar-refractivity contribution in [2.45, 2.75) is 59.2 Å². The van der Waals surface area contributed by atoms with Crippen LogP contribution in [0.5, 0.6) is 0 Å². The molecule has 110 heavy (non-hydrogen) atoms. The first kappa shape index (κ1) is 82.8. The number of ether oxygens (including phenoxy) is 2. The Labute approximate surface area is 660 Å². The Morgan fingerprint density at radius 3 is 1.37 bits per heavy atom. The van der Waals surface area contributed by atoms with Crippen LogP contribution < -0.4 is 47.7 Å². The predicted molar refractivity (Wildman–Crippen MR) is 439 cm³/mol. The van der Waals surface area contributed by atoms with E-state index in [-0.39, 0.29) is 45.8 Å². The molecule has 1 aliphatic rings. The second-order valence-corrected chi connectivity index (χ2v) is 29.1. The standard InChI is InChI=1S/C25H25ClFN5O3.C21H18ClFN4O.C13H13ClFN3O.C12H13ClN2O2.C7H5ClN2.ClH/c1-25(2,3)35-24(34)32-11-9-15-19(8-10-28-21(15)32)29-20-13-17(23(33)30-22(20)31(4)5)16-12-14(26)6-7-18(16)27;1-27(2)20-19(25-18-8-9-24-17-5-3-4-13(17)18)11-15(21(28)26-20)14-10-12(22)6-7-16(14)23;1-18(2)12-11(16)6-9(13(19)17-12)8-5-7(14)3-4-10(8)15;1-12(2,3)17-11(16)15-7-5-8-9(13)4-6-14-10(8)15;8-6-2-4-10-7-5(6)1-3-9-7;/h6-13H,1-5H3,(H,28,29)(H,30,33);3-4,6-11H,5H2,1-2H3,(H,24,25)(H,26,28);3-6H,16H2,1-2H3,(H,17,19);4-7H,1-3H3;1-4H,(H,9,10);1H. The maximum atomic E-state index is 14.6. The Kier molecular flexibility index (Phi) is 26.3. The molecule has 32 heteroatoms. The molecule has 1 aliphatic carbocycles. The summed E-state index contributed by atoms with van der Waals surface area (Å²) in [6.07, 6.45) is 15.4. The van der Waals surface area contributed by atoms with Crippen molar-refractivity contribution >= 4 is 168 Å². The van der Waals surface area contributed by atoms with Crippen LogP contribution in [0.1, 0.15) is 52.8 Å². The number of aromatic nitrogens is 10. The quantitative estimate of drug-likeness (QED) is 0.0670. The summed E-state index contributed by atoms with van der Waals surface area (Å²) in [5.74, 6) is -0.0417. The van der Waals surface area contributed by atoms with Gasteiger partial charge in [0, 0.05) is 151 Å². The van der Waals surface area contributed by atoms with Gasteiger partial charge in [-0.25, -0.2) is 46.8 Å². The number of aromatic amines is 4. The summed E-state index contributed by atoms with van der Waals surface area (Å²) in [7, 11) is 10.7. The third kappa shape index (κ3) is 19.8. The van der Waals surface area contributed by atoms with E-state index in [4.69, 9.17) is 73.2 Å². The van der Waals surface area contributed by atoms with Gasteiger partial charge in [-0.1, -0.05) is 70.2 Å². The lowest BCUT2D eigenvalue weighted by Crippen LogP contribution is -2.26. The van der Waals surface area contributed by atoms with E-state index in [0.29, 0.717) is 77.0 Å². The van der Waals surface area contributed by atoms with E-state index in [0.717, 1.165) is 44.8 Å². The Bertz CT molecular complexity index is 5810. The van der Waals surface area contributed by atoms with Crippen LogP contribution in [0.3, 0.4) is 0 Å². The fourth-order valence-electron chi connectivity index (χ4n) is 11.1. The number of carbonyl (C=O) groups is 2. The zero-order chi connectivity index (χ0) is 79.1. The second kappa shape index (κ2) is 35.0. The fraction of sp³-hybridized carbons (Fsp3) is 0.192. The number of carbonyl (C=O) groups excluding carboxylic acids is 2. The zero-order valence-electron chi connectivity index (χ0n) is 61.3. The van der Waals surface area contributed by atoms with Gasteiger partial charge in [0.15, 0.2) is 11.3 Å². The van der Waals surface area contributed by atoms with Gasteiger partial charge in [0.2, 0.25) is 0 Å². The van der Waals surface area contributed by atoms with Crippen LogP contribution in [0.4, 0.5) is 68.7 Å². The fourth-order valence-corrected chi connectivity index (χ4v) is 12.0. The molecule has 10 aromatic heterocycles. The minimum absolute atomic E-state index is 0. The van der Waals surface area contributed by atoms with Crippen LogP contribution in [0, 0.1) is 17.5 Å². The van der Waals surface area contributed by atoms with Crippen LogP contribution in [0.25, 0.3) is 72.6 Å². The molecule has 0 aliphatic heterocycles. The summed E-state index contributed by atoms with van der Waals surface area (Å²) < 4.78 is 56.1. The number of nitrogens with one attached hydrogen (secondary N) is 6. The maximum Gasteiger partial charge on any atom is 0.420 e. The molecule has 0 amide bonds. The molecule has 10 heterocycles. The minimum Gasteiger partial charge on any atom is -0.443 e. The van der Waals surface area contributed by atoms with Crippen molar-refractivity contribution in [1.82, 2.24) is 49.0 Å². The lowest BCUT2D eigenvalue weighted by molar-refractivity contribution is 0.0532. The molecule has 8 N–H and O–H groups in total. The van der Waals surface area contributed by atoms with E-state index >= 15 is 0 Å². The predicted octanol–water partition coefficient (Wildman–Crippen LogP) is 19.0. The number of H-pyrrole nitrogens is 4. The molecule has 0 bridgehead atoms. The summed E-state index contributed by atoms with van der Waals surface area (Å²) in [5.41, 5.74) is 11.0. The highest BCUT2D eigenvalue weighted by Crippen LogP contribution is 2.37. The van der Waals surface area contributed by atoms with Gasteiger partial charge in [0.25, 0.3) is 16.7 Å². The number of hydrogen-bond acceptors (Lipinski definition) is 17. The van der Waals surface area contributed by atoms with Crippen LogP contribution in [0.15, 0.2) is 179 Å². The molecule has 0 spiro atoms. The van der Waals surface area contributed by atoms with E-state index < -0.39 is 57.5 Å². The van der Waals surface area contributed by atoms with Crippen molar-refractivity contribution in [2.75, 3.05) is 73.4 Å². The largest absolute Gasteiger partial charge is 0.443 e. The molecule has 13 aromatic rings. The number of nitrogens with zero attached hydrogens (tertiary/aromatic N) is 9. The third-order valence-electron chi connectivity index (χ3n) is 16.0. The summed E-state index contributed by atoms with van der Waals surface area (Å²) in [5, 5.41) is 11.4. The number of halogens is 9. The number of benzene rings is 3. The number of hydrogen-bond donors (Lipinski definition) is 7. The van der Waals surface area contributed by atoms with Crippen LogP contribution in [-0.4, -0.2) is 115 Å². The van der Waals surface area contributed by atoms with Crippen LogP contribution in [-0.2, 0) is 15.9 Å². The highest BCUT2D eigenvalue weighted by molar-refractivity contribution is 6.36. The normalized spacial score (nSPS) is 11.3. The van der Waals surface area contributed by atoms with Gasteiger partial charge in [0.05, 0.1) is 55.2 Å². The molecule has 0 unspecified atom stereocenters. The molecular weight excluding hydrogens is 1540 g/mol. The van der Waals surface area contributed by atoms with E-state index in [1.165, 1.54) is 69.8 Å². The molecule has 0 atom stereocenters. The Balaban J connectivity index is 0.000000166. The molecule has 0 saturated carbocycles. The van der Waals surface area contributed by atoms with Gasteiger partial charge >= 0.3 is 12.2 Å². The van der Waals surface area contributed by atoms with Crippen molar-refractivity contribution in [2.24, 2.45) is 0 Å². The second-order valence-electron chi connectivity index (χ2n) is 27.0. The molecular formula is C78H75Cl6F3N16O7. The molecule has 14 rings (SSSR count). The summed E-state index contributed by atoms with van der Waals surface area (Å²) in [6, 6.07) is 29.4. The summed E-state index contributed by atoms with van der Waals surface area (Å²) >= 11 is 29.7. The summed E-state index contributed by atoms with van der Waals surface area (Å²) in [4.78, 5) is 95.4. The maximum absolute atomic E-state index is 14.6. The highest BCUT2D eigenvalue weighted by Gasteiger charge is 2.25. The third-order valence-corrected chi connectivity index (χ3v) is 17.4. The average molecular weight is 1620 g/mol. The van der Waals surface area contributed by atoms with E-state index in [9.17, 15) is 37.1 Å². The van der Waals surface area contributed by atoms with Gasteiger partial charge < -0.3 is 60.5 Å². The zero-order valence-corrected chi connectivity index (χ0v) is 65.9. The number of pyridine rings is 7. The summed E-state index contributed by atoms with van der Waals surface area (Å²) in [6.45, 7) is 10.8. The van der Waals surface area contributed by atoms with Crippen molar-refractivity contribution < 1.29 is 32.2 Å². The Morgan fingerprint density at radius 2 is 0.900 bits per heavy atom. The molecule has 23 nitrogen and oxygen atoms in total. The van der Waals surface area contributed by atoms with Crippen molar-refractivity contribution in [3.05, 3.63) is 250 Å². The lowest BCUT2D eigenvalue weighted by Gasteiger charge is -2.20. The van der Waals surface area contributed by atoms with Gasteiger partial charge in [-0.05, 0) is 157 Å². The number of fused-ring (bicyclic) bond motifs is 4. The van der Waals surface area contributed by atoms with Gasteiger partial charge in [-0.3, -0.25) is 19.4 Å². The number of rotatable bonds is 10. The molecule has 0 radical (unpaired) electrons. The van der Waals surface area contributed by atoms with Crippen LogP contribution in [0.2, 0.25) is 25.1 Å². The van der Waals surface area contributed by atoms with Gasteiger partial charge in [-0.2, -0.15) is 0 Å². The van der Waals surface area contributed by atoms with Gasteiger partial charge in [0.1, 0.15) is 51.8 Å². The molecule has 3 aromatic carbocycles. The van der Waals surface area contributed by atoms with Crippen molar-refractivity contribution in [1.29, 1.82) is 0 Å². The van der Waals surface area contributed by atoms with Crippen molar-refractivity contribution in [3.8, 4) is 33.4 Å². The first-order chi connectivity index (χ1) is 51.5. The monoisotopic (exact) mass is 1610 g/mol. The SMILES string of the molecule is CC(C)(C)OC(=O)n1ccc2c(Cl)ccnc21.CN(C)c1[nH]c(=O)c(-c2cc(Cl)ccc2F)cc1N.CN(C)c1[nH]c(=O)c(-c2cc(Cl)ccc2F)cc1Nc1ccnc2c1C=CC2.CN(C)c1[nH]c(=O)c(-c2cc(Cl)ccc2F)cc1Nc1ccnc2c1ccn2C(=O)OC(C)(C)C.Cl.Clc1ccnc2[nH]ccc12. The Hall–Kier alpha value is -11.3. The smallest absolute Gasteiger partial charge is 0.420 e. The highest BCUT2D eigenvalue weighted by atomic mass is 35.5.